The first kappa shape index (κ1) is 20.4. The molecule has 0 saturated carbocycles. The van der Waals surface area contributed by atoms with Gasteiger partial charge >= 0.3 is 0 Å². The van der Waals surface area contributed by atoms with Crippen LogP contribution >= 0.6 is 34.5 Å². The van der Waals surface area contributed by atoms with Gasteiger partial charge in [-0.15, -0.1) is 0 Å². The molecule has 5 nitrogen and oxygen atoms in total. The molecule has 1 aromatic heterocycles. The lowest BCUT2D eigenvalue weighted by atomic mass is 10.2. The second-order valence-electron chi connectivity index (χ2n) is 7.13. The predicted molar refractivity (Wildman–Crippen MR) is 122 cm³/mol. The molecule has 1 amide bonds. The van der Waals surface area contributed by atoms with Crippen LogP contribution in [0.1, 0.15) is 15.9 Å². The topological polar surface area (TPSA) is 48.5 Å². The van der Waals surface area contributed by atoms with Crippen molar-refractivity contribution in [3.8, 4) is 0 Å². The SMILES string of the molecule is Cc1cccc2sc(N3CCN(CCNC(=O)c4ccc(Cl)cc4Cl)CC3)nc12. The van der Waals surface area contributed by atoms with E-state index >= 15 is 0 Å². The van der Waals surface area contributed by atoms with Gasteiger partial charge in [-0.1, -0.05) is 46.7 Å². The van der Waals surface area contributed by atoms with Crippen LogP contribution in [-0.4, -0.2) is 55.1 Å². The Labute approximate surface area is 184 Å². The molecule has 2 heterocycles. The number of nitrogens with one attached hydrogen (secondary N) is 1. The lowest BCUT2D eigenvalue weighted by Crippen LogP contribution is -2.48. The summed E-state index contributed by atoms with van der Waals surface area (Å²) in [4.78, 5) is 21.9. The number of rotatable bonds is 5. The van der Waals surface area contributed by atoms with Crippen molar-refractivity contribution in [1.82, 2.24) is 15.2 Å². The van der Waals surface area contributed by atoms with Gasteiger partial charge in [-0.3, -0.25) is 9.69 Å². The average Bonchev–Trinajstić information content (AvgIpc) is 3.14. The Kier molecular flexibility index (Phi) is 6.25. The van der Waals surface area contributed by atoms with Gasteiger partial charge in [0.1, 0.15) is 0 Å². The highest BCUT2D eigenvalue weighted by Crippen LogP contribution is 2.31. The third-order valence-electron chi connectivity index (χ3n) is 5.14. The van der Waals surface area contributed by atoms with E-state index in [1.54, 1.807) is 29.5 Å². The van der Waals surface area contributed by atoms with E-state index in [0.29, 0.717) is 22.2 Å². The third-order valence-corrected chi connectivity index (χ3v) is 6.77. The van der Waals surface area contributed by atoms with Gasteiger partial charge < -0.3 is 10.2 Å². The van der Waals surface area contributed by atoms with Crippen LogP contribution in [0.2, 0.25) is 10.0 Å². The number of fused-ring (bicyclic) bond motifs is 1. The van der Waals surface area contributed by atoms with E-state index in [2.05, 4.69) is 40.2 Å². The van der Waals surface area contributed by atoms with Crippen LogP contribution in [-0.2, 0) is 0 Å². The monoisotopic (exact) mass is 448 g/mol. The summed E-state index contributed by atoms with van der Waals surface area (Å²) in [6.45, 7) is 7.28. The summed E-state index contributed by atoms with van der Waals surface area (Å²) >= 11 is 13.7. The highest BCUT2D eigenvalue weighted by atomic mass is 35.5. The predicted octanol–water partition coefficient (Wildman–Crippen LogP) is 4.46. The number of aromatic nitrogens is 1. The number of piperazine rings is 1. The molecule has 1 saturated heterocycles. The number of amides is 1. The minimum absolute atomic E-state index is 0.171. The molecule has 2 aromatic carbocycles. The minimum Gasteiger partial charge on any atom is -0.351 e. The summed E-state index contributed by atoms with van der Waals surface area (Å²) in [5.41, 5.74) is 2.78. The van der Waals surface area contributed by atoms with Crippen molar-refractivity contribution < 1.29 is 4.79 Å². The number of carbonyl (C=O) groups excluding carboxylic acids is 1. The van der Waals surface area contributed by atoms with Gasteiger partial charge in [0.05, 0.1) is 20.8 Å². The first-order valence-corrected chi connectivity index (χ1v) is 11.2. The molecule has 0 spiro atoms. The molecule has 0 unspecified atom stereocenters. The smallest absolute Gasteiger partial charge is 0.252 e. The summed E-state index contributed by atoms with van der Waals surface area (Å²) in [6.07, 6.45) is 0. The third kappa shape index (κ3) is 4.67. The second-order valence-corrected chi connectivity index (χ2v) is 8.98. The molecule has 0 atom stereocenters. The molecule has 1 aliphatic heterocycles. The van der Waals surface area contributed by atoms with Crippen LogP contribution in [0.15, 0.2) is 36.4 Å². The Morgan fingerprint density at radius 3 is 2.69 bits per heavy atom. The van der Waals surface area contributed by atoms with Crippen molar-refractivity contribution in [3.63, 3.8) is 0 Å². The van der Waals surface area contributed by atoms with Gasteiger partial charge in [-0.25, -0.2) is 4.98 Å². The minimum atomic E-state index is -0.171. The molecule has 29 heavy (non-hydrogen) atoms. The lowest BCUT2D eigenvalue weighted by molar-refractivity contribution is 0.0948. The Morgan fingerprint density at radius 2 is 1.97 bits per heavy atom. The Hall–Kier alpha value is -1.86. The maximum atomic E-state index is 12.3. The normalized spacial score (nSPS) is 15.1. The zero-order valence-electron chi connectivity index (χ0n) is 16.1. The first-order chi connectivity index (χ1) is 14.0. The van der Waals surface area contributed by atoms with E-state index in [4.69, 9.17) is 28.2 Å². The van der Waals surface area contributed by atoms with Gasteiger partial charge in [0.15, 0.2) is 5.13 Å². The van der Waals surface area contributed by atoms with Crippen LogP contribution in [0.5, 0.6) is 0 Å². The number of benzene rings is 2. The van der Waals surface area contributed by atoms with E-state index in [9.17, 15) is 4.79 Å². The van der Waals surface area contributed by atoms with Crippen LogP contribution < -0.4 is 10.2 Å². The molecule has 1 fully saturated rings. The lowest BCUT2D eigenvalue weighted by Gasteiger charge is -2.34. The maximum absolute atomic E-state index is 12.3. The van der Waals surface area contributed by atoms with Gasteiger partial charge in [0.25, 0.3) is 5.91 Å². The quantitative estimate of drug-likeness (QED) is 0.625. The Bertz CT molecular complexity index is 1030. The maximum Gasteiger partial charge on any atom is 0.252 e. The van der Waals surface area contributed by atoms with Crippen LogP contribution in [0.25, 0.3) is 10.2 Å². The van der Waals surface area contributed by atoms with Crippen LogP contribution in [0.3, 0.4) is 0 Å². The summed E-state index contributed by atoms with van der Waals surface area (Å²) < 4.78 is 1.24. The molecule has 0 aliphatic carbocycles. The van der Waals surface area contributed by atoms with Crippen molar-refractivity contribution in [3.05, 3.63) is 57.6 Å². The van der Waals surface area contributed by atoms with Gasteiger partial charge in [-0.05, 0) is 36.8 Å². The Morgan fingerprint density at radius 1 is 1.17 bits per heavy atom. The van der Waals surface area contributed by atoms with E-state index in [0.717, 1.165) is 43.4 Å². The number of thiazole rings is 1. The fourth-order valence-electron chi connectivity index (χ4n) is 3.47. The number of nitrogens with zero attached hydrogens (tertiary/aromatic N) is 3. The van der Waals surface area contributed by atoms with Crippen molar-refractivity contribution in [2.24, 2.45) is 0 Å². The van der Waals surface area contributed by atoms with Gasteiger partial charge in [0, 0.05) is 44.3 Å². The molecule has 1 aliphatic rings. The van der Waals surface area contributed by atoms with E-state index in [-0.39, 0.29) is 5.91 Å². The molecule has 1 N–H and O–H groups in total. The van der Waals surface area contributed by atoms with Crippen molar-refractivity contribution in [1.29, 1.82) is 0 Å². The standard InChI is InChI=1S/C21H22Cl2N4OS/c1-14-3-2-4-18-19(14)25-21(29-18)27-11-9-26(10-12-27)8-7-24-20(28)16-6-5-15(22)13-17(16)23/h2-6,13H,7-12H2,1H3,(H,24,28). The number of anilines is 1. The summed E-state index contributed by atoms with van der Waals surface area (Å²) in [5, 5.41) is 4.93. The molecule has 8 heteroatoms. The largest absolute Gasteiger partial charge is 0.351 e. The fourth-order valence-corrected chi connectivity index (χ4v) is 5.06. The van der Waals surface area contributed by atoms with E-state index < -0.39 is 0 Å². The van der Waals surface area contributed by atoms with Crippen molar-refractivity contribution in [2.75, 3.05) is 44.2 Å². The first-order valence-electron chi connectivity index (χ1n) is 9.58. The zero-order chi connectivity index (χ0) is 20.4. The van der Waals surface area contributed by atoms with E-state index in [1.165, 1.54) is 10.3 Å². The second kappa shape index (κ2) is 8.88. The van der Waals surface area contributed by atoms with Crippen molar-refractivity contribution in [2.45, 2.75) is 6.92 Å². The zero-order valence-corrected chi connectivity index (χ0v) is 18.4. The average molecular weight is 449 g/mol. The summed E-state index contributed by atoms with van der Waals surface area (Å²) in [7, 11) is 0. The van der Waals surface area contributed by atoms with Crippen LogP contribution in [0.4, 0.5) is 5.13 Å². The summed E-state index contributed by atoms with van der Waals surface area (Å²) in [6, 6.07) is 11.2. The molecule has 152 valence electrons. The van der Waals surface area contributed by atoms with Crippen molar-refractivity contribution >= 4 is 55.8 Å². The van der Waals surface area contributed by atoms with Gasteiger partial charge in [0.2, 0.25) is 0 Å². The summed E-state index contributed by atoms with van der Waals surface area (Å²) in [5.74, 6) is -0.171. The number of aryl methyl sites for hydroxylation is 1. The number of halogens is 2. The van der Waals surface area contributed by atoms with Gasteiger partial charge in [-0.2, -0.15) is 0 Å². The fraction of sp³-hybridized carbons (Fsp3) is 0.333. The Balaban J connectivity index is 1.26. The molecule has 0 radical (unpaired) electrons. The molecular weight excluding hydrogens is 427 g/mol. The highest BCUT2D eigenvalue weighted by molar-refractivity contribution is 7.22. The number of hydrogen-bond donors (Lipinski definition) is 1. The number of hydrogen-bond acceptors (Lipinski definition) is 5. The number of para-hydroxylation sites is 1. The van der Waals surface area contributed by atoms with Crippen LogP contribution in [0, 0.1) is 6.92 Å². The molecule has 4 rings (SSSR count). The molecule has 3 aromatic rings. The number of carbonyl (C=O) groups is 1. The molecule has 0 bridgehead atoms. The van der Waals surface area contributed by atoms with E-state index in [1.807, 2.05) is 0 Å². The highest BCUT2D eigenvalue weighted by Gasteiger charge is 2.20. The molecular formula is C21H22Cl2N4OS.